The van der Waals surface area contributed by atoms with Crippen LogP contribution in [-0.2, 0) is 4.79 Å². The number of allylic oxidation sites excluding steroid dienone is 2. The Kier molecular flexibility index (Phi) is 1.65. The molecule has 2 heteroatoms. The van der Waals surface area contributed by atoms with Crippen LogP contribution in [0.15, 0.2) is 11.1 Å². The second-order valence-corrected chi connectivity index (χ2v) is 2.29. The third-order valence-corrected chi connectivity index (χ3v) is 1.76. The first-order valence-corrected chi connectivity index (χ1v) is 3.03. The SMILES string of the molecule is CC1=C(CF)CCC1=O. The van der Waals surface area contributed by atoms with Crippen molar-refractivity contribution in [3.8, 4) is 0 Å². The van der Waals surface area contributed by atoms with Crippen LogP contribution in [0.25, 0.3) is 0 Å². The summed E-state index contributed by atoms with van der Waals surface area (Å²) in [5, 5.41) is 0. The van der Waals surface area contributed by atoms with Gasteiger partial charge in [0.2, 0.25) is 0 Å². The molecule has 0 aromatic rings. The molecule has 9 heavy (non-hydrogen) atoms. The van der Waals surface area contributed by atoms with Crippen molar-refractivity contribution in [3.05, 3.63) is 11.1 Å². The Morgan fingerprint density at radius 3 is 2.44 bits per heavy atom. The van der Waals surface area contributed by atoms with E-state index in [0.29, 0.717) is 24.0 Å². The summed E-state index contributed by atoms with van der Waals surface area (Å²) in [5.74, 6) is 0.114. The molecular formula is C7H9FO. The van der Waals surface area contributed by atoms with Gasteiger partial charge in [-0.05, 0) is 24.5 Å². The first-order valence-electron chi connectivity index (χ1n) is 3.03. The van der Waals surface area contributed by atoms with E-state index in [1.807, 2.05) is 0 Å². The lowest BCUT2D eigenvalue weighted by Crippen LogP contribution is -1.90. The van der Waals surface area contributed by atoms with Gasteiger partial charge < -0.3 is 0 Å². The van der Waals surface area contributed by atoms with Gasteiger partial charge in [0, 0.05) is 6.42 Å². The summed E-state index contributed by atoms with van der Waals surface area (Å²) in [6.07, 6.45) is 1.16. The Labute approximate surface area is 53.6 Å². The van der Waals surface area contributed by atoms with E-state index in [1.165, 1.54) is 0 Å². The number of hydrogen-bond donors (Lipinski definition) is 0. The fourth-order valence-electron chi connectivity index (χ4n) is 1.00. The Hall–Kier alpha value is -0.660. The molecule has 0 heterocycles. The van der Waals surface area contributed by atoms with Crippen LogP contribution in [0.2, 0.25) is 0 Å². The summed E-state index contributed by atoms with van der Waals surface area (Å²) in [7, 11) is 0. The maximum absolute atomic E-state index is 11.9. The highest BCUT2D eigenvalue weighted by Gasteiger charge is 2.17. The summed E-state index contributed by atoms with van der Waals surface area (Å²) in [6.45, 7) is 1.25. The van der Waals surface area contributed by atoms with Crippen LogP contribution in [0.5, 0.6) is 0 Å². The van der Waals surface area contributed by atoms with Gasteiger partial charge in [-0.15, -0.1) is 0 Å². The quantitative estimate of drug-likeness (QED) is 0.524. The largest absolute Gasteiger partial charge is 0.295 e. The summed E-state index contributed by atoms with van der Waals surface area (Å²) in [4.78, 5) is 10.7. The molecule has 1 rings (SSSR count). The van der Waals surface area contributed by atoms with Crippen LogP contribution < -0.4 is 0 Å². The average Bonchev–Trinajstić information content (AvgIpc) is 2.15. The first-order chi connectivity index (χ1) is 4.25. The molecule has 50 valence electrons. The number of halogens is 1. The molecule has 1 aliphatic rings. The van der Waals surface area contributed by atoms with Gasteiger partial charge in [0.15, 0.2) is 5.78 Å². The predicted octanol–water partition coefficient (Wildman–Crippen LogP) is 1.64. The van der Waals surface area contributed by atoms with Gasteiger partial charge in [-0.3, -0.25) is 4.79 Å². The van der Waals surface area contributed by atoms with Crippen LogP contribution in [0, 0.1) is 0 Å². The Balaban J connectivity index is 2.79. The summed E-state index contributed by atoms with van der Waals surface area (Å²) >= 11 is 0. The molecule has 1 aliphatic carbocycles. The minimum atomic E-state index is -0.447. The minimum absolute atomic E-state index is 0.114. The molecule has 0 atom stereocenters. The first kappa shape index (κ1) is 6.46. The number of alkyl halides is 1. The van der Waals surface area contributed by atoms with E-state index in [-0.39, 0.29) is 5.78 Å². The minimum Gasteiger partial charge on any atom is -0.295 e. The number of carbonyl (C=O) groups excluding carboxylic acids is 1. The predicted molar refractivity (Wildman–Crippen MR) is 32.9 cm³/mol. The molecule has 0 spiro atoms. The summed E-state index contributed by atoms with van der Waals surface area (Å²) in [5.41, 5.74) is 1.34. The van der Waals surface area contributed by atoms with E-state index >= 15 is 0 Å². The maximum Gasteiger partial charge on any atom is 0.158 e. The van der Waals surface area contributed by atoms with Crippen LogP contribution in [-0.4, -0.2) is 12.5 Å². The third-order valence-electron chi connectivity index (χ3n) is 1.76. The number of rotatable bonds is 1. The molecule has 0 saturated carbocycles. The van der Waals surface area contributed by atoms with E-state index in [9.17, 15) is 9.18 Å². The Morgan fingerprint density at radius 1 is 1.56 bits per heavy atom. The Bertz CT molecular complexity index is 170. The summed E-state index contributed by atoms with van der Waals surface area (Å²) < 4.78 is 11.9. The second kappa shape index (κ2) is 2.29. The van der Waals surface area contributed by atoms with Crippen molar-refractivity contribution in [2.45, 2.75) is 19.8 Å². The fourth-order valence-corrected chi connectivity index (χ4v) is 1.00. The molecule has 0 saturated heterocycles. The van der Waals surface area contributed by atoms with Gasteiger partial charge in [-0.2, -0.15) is 0 Å². The highest BCUT2D eigenvalue weighted by Crippen LogP contribution is 2.21. The number of Topliss-reactive ketones (excluding diaryl/α,β-unsaturated/α-hetero) is 1. The van der Waals surface area contributed by atoms with Gasteiger partial charge >= 0.3 is 0 Å². The smallest absolute Gasteiger partial charge is 0.158 e. The van der Waals surface area contributed by atoms with Crippen LogP contribution >= 0.6 is 0 Å². The van der Waals surface area contributed by atoms with Gasteiger partial charge in [-0.1, -0.05) is 0 Å². The number of hydrogen-bond acceptors (Lipinski definition) is 1. The monoisotopic (exact) mass is 128 g/mol. The molecule has 1 nitrogen and oxygen atoms in total. The van der Waals surface area contributed by atoms with E-state index in [1.54, 1.807) is 6.92 Å². The van der Waals surface area contributed by atoms with Gasteiger partial charge in [0.05, 0.1) is 0 Å². The summed E-state index contributed by atoms with van der Waals surface area (Å²) in [6, 6.07) is 0. The lowest BCUT2D eigenvalue weighted by Gasteiger charge is -1.90. The molecule has 0 bridgehead atoms. The zero-order valence-corrected chi connectivity index (χ0v) is 5.41. The van der Waals surface area contributed by atoms with Crippen LogP contribution in [0.3, 0.4) is 0 Å². The van der Waals surface area contributed by atoms with Crippen molar-refractivity contribution in [2.24, 2.45) is 0 Å². The van der Waals surface area contributed by atoms with E-state index in [0.717, 1.165) is 0 Å². The normalized spacial score (nSPS) is 19.6. The standard InChI is InChI=1S/C7H9FO/c1-5-6(4-8)2-3-7(5)9/h2-4H2,1H3. The van der Waals surface area contributed by atoms with Crippen molar-refractivity contribution in [1.29, 1.82) is 0 Å². The van der Waals surface area contributed by atoms with Crippen molar-refractivity contribution in [1.82, 2.24) is 0 Å². The molecule has 0 aliphatic heterocycles. The number of ketones is 1. The van der Waals surface area contributed by atoms with Crippen molar-refractivity contribution in [3.63, 3.8) is 0 Å². The molecular weight excluding hydrogens is 119 g/mol. The highest BCUT2D eigenvalue weighted by atomic mass is 19.1. The molecule has 0 N–H and O–H groups in total. The Morgan fingerprint density at radius 2 is 2.22 bits per heavy atom. The number of carbonyl (C=O) groups is 1. The van der Waals surface area contributed by atoms with E-state index in [2.05, 4.69) is 0 Å². The molecule has 0 aromatic heterocycles. The van der Waals surface area contributed by atoms with E-state index < -0.39 is 6.67 Å². The van der Waals surface area contributed by atoms with Crippen LogP contribution in [0.1, 0.15) is 19.8 Å². The topological polar surface area (TPSA) is 17.1 Å². The lowest BCUT2D eigenvalue weighted by molar-refractivity contribution is -0.114. The maximum atomic E-state index is 11.9. The second-order valence-electron chi connectivity index (χ2n) is 2.29. The van der Waals surface area contributed by atoms with Crippen LogP contribution in [0.4, 0.5) is 4.39 Å². The lowest BCUT2D eigenvalue weighted by atomic mass is 10.2. The van der Waals surface area contributed by atoms with Gasteiger partial charge in [0.25, 0.3) is 0 Å². The van der Waals surface area contributed by atoms with Crippen molar-refractivity contribution in [2.75, 3.05) is 6.67 Å². The highest BCUT2D eigenvalue weighted by molar-refractivity contribution is 5.98. The molecule has 0 fully saturated rings. The van der Waals surface area contributed by atoms with Crippen molar-refractivity contribution < 1.29 is 9.18 Å². The average molecular weight is 128 g/mol. The van der Waals surface area contributed by atoms with Gasteiger partial charge in [-0.25, -0.2) is 4.39 Å². The zero-order valence-electron chi connectivity index (χ0n) is 5.41. The van der Waals surface area contributed by atoms with Gasteiger partial charge in [0.1, 0.15) is 6.67 Å². The van der Waals surface area contributed by atoms with E-state index in [4.69, 9.17) is 0 Å². The molecule has 0 amide bonds. The van der Waals surface area contributed by atoms with Crippen molar-refractivity contribution >= 4 is 5.78 Å². The zero-order chi connectivity index (χ0) is 6.85. The molecule has 0 unspecified atom stereocenters. The fraction of sp³-hybridized carbons (Fsp3) is 0.571. The third kappa shape index (κ3) is 1.02. The molecule has 0 radical (unpaired) electrons. The molecule has 0 aromatic carbocycles.